The van der Waals surface area contributed by atoms with Crippen molar-refractivity contribution in [2.45, 2.75) is 161 Å². The maximum atomic E-state index is 13.1. The van der Waals surface area contributed by atoms with E-state index in [1.165, 1.54) is 5.57 Å². The first-order chi connectivity index (χ1) is 24.7. The summed E-state index contributed by atoms with van der Waals surface area (Å²) >= 11 is 0. The first kappa shape index (κ1) is 38.2. The molecule has 0 aromatic heterocycles. The van der Waals surface area contributed by atoms with Crippen LogP contribution in [0.4, 0.5) is 0 Å². The molecule has 5 saturated carbocycles. The summed E-state index contributed by atoms with van der Waals surface area (Å²) in [7, 11) is 0. The maximum Gasteiger partial charge on any atom is 0.335 e. The van der Waals surface area contributed by atoms with Gasteiger partial charge in [-0.2, -0.15) is 0 Å². The Bertz CT molecular complexity index is 1550. The second kappa shape index (κ2) is 12.2. The minimum atomic E-state index is -1.88. The lowest BCUT2D eigenvalue weighted by Crippen LogP contribution is -2.66. The van der Waals surface area contributed by atoms with E-state index in [1.54, 1.807) is 0 Å². The summed E-state index contributed by atoms with van der Waals surface area (Å²) in [5.41, 5.74) is 0.169. The molecular weight excluding hydrogens is 688 g/mol. The van der Waals surface area contributed by atoms with Crippen LogP contribution in [0.25, 0.3) is 0 Å². The number of carboxylic acid groups (broad SMARTS) is 2. The smallest absolute Gasteiger partial charge is 0.335 e. The maximum absolute atomic E-state index is 13.1. The van der Waals surface area contributed by atoms with Crippen LogP contribution in [0.1, 0.15) is 99.3 Å². The predicted octanol–water partition coefficient (Wildman–Crippen LogP) is 2.83. The molecule has 0 amide bonds. The van der Waals surface area contributed by atoms with E-state index in [0.29, 0.717) is 12.3 Å². The van der Waals surface area contributed by atoms with Crippen molar-refractivity contribution in [3.05, 3.63) is 11.6 Å². The molecule has 8 rings (SSSR count). The number of ether oxygens (including phenoxy) is 4. The zero-order valence-electron chi connectivity index (χ0n) is 31.8. The molecule has 0 spiro atoms. The number of carboxylic acids is 2. The molecule has 7 fully saturated rings. The van der Waals surface area contributed by atoms with Crippen molar-refractivity contribution in [1.82, 2.24) is 0 Å². The summed E-state index contributed by atoms with van der Waals surface area (Å²) in [6.07, 6.45) is -4.69. The third-order valence-corrected chi connectivity index (χ3v) is 17.5. The summed E-state index contributed by atoms with van der Waals surface area (Å²) in [6.45, 7) is 13.7. The second-order valence-electron chi connectivity index (χ2n) is 19.9. The van der Waals surface area contributed by atoms with Gasteiger partial charge in [-0.3, -0.25) is 4.79 Å². The van der Waals surface area contributed by atoms with Gasteiger partial charge in [-0.15, -0.1) is 0 Å². The Balaban J connectivity index is 1.06. The third kappa shape index (κ3) is 4.93. The van der Waals surface area contributed by atoms with Gasteiger partial charge in [-0.05, 0) is 109 Å². The van der Waals surface area contributed by atoms with Crippen LogP contribution in [-0.2, 0) is 28.5 Å². The molecule has 8 aliphatic rings. The zero-order valence-corrected chi connectivity index (χ0v) is 31.8. The highest BCUT2D eigenvalue weighted by Crippen LogP contribution is 2.82. The van der Waals surface area contributed by atoms with Crippen LogP contribution in [0.15, 0.2) is 11.6 Å². The van der Waals surface area contributed by atoms with Gasteiger partial charge in [0, 0.05) is 0 Å². The highest BCUT2D eigenvalue weighted by molar-refractivity contribution is 5.79. The van der Waals surface area contributed by atoms with Gasteiger partial charge in [0.25, 0.3) is 0 Å². The molecule has 6 aliphatic carbocycles. The fraction of sp³-hybridized carbons (Fsp3) is 0.900. The number of aliphatic hydroxyl groups excluding tert-OH is 5. The molecule has 7 N–H and O–H groups in total. The topological polar surface area (TPSA) is 213 Å². The lowest BCUT2D eigenvalue weighted by molar-refractivity contribution is -0.366. The number of carbonyl (C=O) groups is 2. The fourth-order valence-corrected chi connectivity index (χ4v) is 14.6. The SMILES string of the molecule is CC1(C)[C@@H](O[C@H]2O[C@H](C(=O)O)[C@@H](O)[C@H](O)[C@@H]2O[C@H]2OC[C@H](O)[C@H](O)[C@H]2O)CC[C@]2(C)[C@H]3CC=C4[C@@H]5C[C@@]6(C)CC[C@@]5(C(=O)O)[C@H]6C[C@@]4(C)[C@]3(C)CC[C@@H]12. The molecule has 2 saturated heterocycles. The van der Waals surface area contributed by atoms with Crippen LogP contribution < -0.4 is 0 Å². The van der Waals surface area contributed by atoms with Gasteiger partial charge in [0.1, 0.15) is 36.6 Å². The molecule has 13 heteroatoms. The van der Waals surface area contributed by atoms with Crippen LogP contribution in [0, 0.1) is 56.2 Å². The minimum absolute atomic E-state index is 0.0256. The van der Waals surface area contributed by atoms with Crippen LogP contribution in [-0.4, -0.2) is 116 Å². The van der Waals surface area contributed by atoms with Crippen molar-refractivity contribution < 1.29 is 64.3 Å². The second-order valence-corrected chi connectivity index (χ2v) is 19.9. The fourth-order valence-electron chi connectivity index (χ4n) is 14.6. The Kier molecular flexibility index (Phi) is 8.77. The van der Waals surface area contributed by atoms with Gasteiger partial charge in [0.2, 0.25) is 0 Å². The molecule has 0 aromatic rings. The average Bonchev–Trinajstić information content (AvgIpc) is 3.46. The lowest BCUT2D eigenvalue weighted by Gasteiger charge is -2.70. The van der Waals surface area contributed by atoms with Gasteiger partial charge in [-0.1, -0.05) is 53.2 Å². The van der Waals surface area contributed by atoms with Gasteiger partial charge in [0.05, 0.1) is 18.1 Å². The summed E-state index contributed by atoms with van der Waals surface area (Å²) in [6, 6.07) is 0. The number of aliphatic carboxylic acids is 2. The van der Waals surface area contributed by atoms with Crippen LogP contribution >= 0.6 is 0 Å². The normalized spacial score (nSPS) is 56.8. The average molecular weight is 749 g/mol. The van der Waals surface area contributed by atoms with E-state index in [0.717, 1.165) is 51.4 Å². The Morgan fingerprint density at radius 1 is 0.774 bits per heavy atom. The van der Waals surface area contributed by atoms with Crippen LogP contribution in [0.5, 0.6) is 0 Å². The van der Waals surface area contributed by atoms with Crippen LogP contribution in [0.3, 0.4) is 0 Å². The molecule has 4 bridgehead atoms. The summed E-state index contributed by atoms with van der Waals surface area (Å²) in [5, 5.41) is 73.3. The number of rotatable bonds is 6. The quantitative estimate of drug-likeness (QED) is 0.154. The van der Waals surface area contributed by atoms with E-state index in [9.17, 15) is 45.3 Å². The van der Waals surface area contributed by atoms with Crippen molar-refractivity contribution in [3.63, 3.8) is 0 Å². The van der Waals surface area contributed by atoms with Gasteiger partial charge >= 0.3 is 11.9 Å². The molecule has 0 aromatic carbocycles. The highest BCUT2D eigenvalue weighted by Gasteiger charge is 2.77. The van der Waals surface area contributed by atoms with Gasteiger partial charge in [-0.25, -0.2) is 4.79 Å². The molecule has 53 heavy (non-hydrogen) atoms. The van der Waals surface area contributed by atoms with E-state index in [4.69, 9.17) is 18.9 Å². The number of hydrogen-bond acceptors (Lipinski definition) is 11. The Morgan fingerprint density at radius 2 is 1.49 bits per heavy atom. The van der Waals surface area contributed by atoms with E-state index in [-0.39, 0.29) is 46.0 Å². The largest absolute Gasteiger partial charge is 0.481 e. The third-order valence-electron chi connectivity index (χ3n) is 17.5. The Morgan fingerprint density at radius 3 is 2.17 bits per heavy atom. The minimum Gasteiger partial charge on any atom is -0.481 e. The monoisotopic (exact) mass is 748 g/mol. The molecule has 2 aliphatic heterocycles. The van der Waals surface area contributed by atoms with Crippen LogP contribution in [0.2, 0.25) is 0 Å². The molecule has 19 atom stereocenters. The highest BCUT2D eigenvalue weighted by atomic mass is 16.8. The standard InChI is InChI=1S/C40H60O13/c1-35(2)21-9-12-38(5)22(8-7-18-19-15-36(3)13-14-40(19,34(48)49)23(36)16-39(18,38)6)37(21,4)11-10-24(35)51-33-30(27(44)26(43)29(52-33)31(46)47)53-32-28(45)25(42)20(41)17-50-32/h7,19-30,32-33,41-45H,8-17H2,1-6H3,(H,46,47)(H,48,49)/t19-,20-,21-,22+,23-,24-,25-,26-,27-,28+,29-,30-,32+,33-,36+,37-,38+,39+,40-/m0/s1. The van der Waals surface area contributed by atoms with Crippen molar-refractivity contribution in [2.24, 2.45) is 56.2 Å². The predicted molar refractivity (Wildman–Crippen MR) is 186 cm³/mol. The first-order valence-electron chi connectivity index (χ1n) is 19.8. The van der Waals surface area contributed by atoms with Crippen molar-refractivity contribution >= 4 is 11.9 Å². The van der Waals surface area contributed by atoms with Gasteiger partial charge in [0.15, 0.2) is 18.7 Å². The van der Waals surface area contributed by atoms with Crippen molar-refractivity contribution in [2.75, 3.05) is 6.61 Å². The molecule has 13 nitrogen and oxygen atoms in total. The zero-order chi connectivity index (χ0) is 38.4. The summed E-state index contributed by atoms with van der Waals surface area (Å²) in [4.78, 5) is 25.2. The lowest BCUT2D eigenvalue weighted by atomic mass is 9.34. The number of aliphatic hydroxyl groups is 5. The Labute approximate surface area is 311 Å². The van der Waals surface area contributed by atoms with E-state index in [1.807, 2.05) is 0 Å². The molecule has 298 valence electrons. The number of hydrogen-bond donors (Lipinski definition) is 7. The van der Waals surface area contributed by atoms with Gasteiger partial charge < -0.3 is 54.7 Å². The molecule has 0 unspecified atom stereocenters. The summed E-state index contributed by atoms with van der Waals surface area (Å²) < 4.78 is 23.8. The molecule has 0 radical (unpaired) electrons. The van der Waals surface area contributed by atoms with E-state index >= 15 is 0 Å². The van der Waals surface area contributed by atoms with Crippen molar-refractivity contribution in [1.29, 1.82) is 0 Å². The first-order valence-corrected chi connectivity index (χ1v) is 19.8. The number of allylic oxidation sites excluding steroid dienone is 2. The summed E-state index contributed by atoms with van der Waals surface area (Å²) in [5.74, 6) is -1.27. The molecule has 2 heterocycles. The molecular formula is C40H60O13. The Hall–Kier alpha value is -1.68. The van der Waals surface area contributed by atoms with E-state index in [2.05, 4.69) is 47.6 Å². The van der Waals surface area contributed by atoms with E-state index < -0.39 is 84.2 Å². The number of fused-ring (bicyclic) bond motifs is 6. The van der Waals surface area contributed by atoms with Crippen molar-refractivity contribution in [3.8, 4) is 0 Å².